The van der Waals surface area contributed by atoms with E-state index >= 15 is 0 Å². The lowest BCUT2D eigenvalue weighted by Gasteiger charge is -2.15. The van der Waals surface area contributed by atoms with Crippen LogP contribution in [-0.2, 0) is 4.79 Å². The molecule has 3 aromatic rings. The van der Waals surface area contributed by atoms with Crippen molar-refractivity contribution in [2.24, 2.45) is 5.10 Å². The SMILES string of the molecule is CCOc1cc(/C=N/NC(=O)c2ccncc2)cc(Br)c1OCC(=O)Nc1cc(C)c(C)cc1Br. The number of aryl methyl sites for hydroxylation is 2. The molecule has 0 saturated carbocycles. The molecule has 0 aliphatic rings. The third kappa shape index (κ3) is 7.37. The van der Waals surface area contributed by atoms with E-state index in [-0.39, 0.29) is 18.4 Å². The molecule has 0 atom stereocenters. The normalized spacial score (nSPS) is 10.8. The molecular formula is C25H24Br2N4O4. The number of amides is 2. The van der Waals surface area contributed by atoms with E-state index in [1.165, 1.54) is 18.6 Å². The number of nitrogens with zero attached hydrogens (tertiary/aromatic N) is 2. The molecular weight excluding hydrogens is 580 g/mol. The van der Waals surface area contributed by atoms with Gasteiger partial charge in [-0.3, -0.25) is 14.6 Å². The number of anilines is 1. The molecule has 0 fully saturated rings. The van der Waals surface area contributed by atoms with Crippen molar-refractivity contribution in [1.29, 1.82) is 0 Å². The molecule has 0 bridgehead atoms. The number of halogens is 2. The van der Waals surface area contributed by atoms with E-state index in [2.05, 4.69) is 52.7 Å². The minimum atomic E-state index is -0.353. The number of hydrogen-bond acceptors (Lipinski definition) is 6. The first-order valence-electron chi connectivity index (χ1n) is 10.7. The van der Waals surface area contributed by atoms with Gasteiger partial charge < -0.3 is 14.8 Å². The maximum atomic E-state index is 12.5. The highest BCUT2D eigenvalue weighted by Crippen LogP contribution is 2.36. The average Bonchev–Trinajstić information content (AvgIpc) is 2.82. The first-order valence-corrected chi connectivity index (χ1v) is 12.3. The van der Waals surface area contributed by atoms with E-state index < -0.39 is 0 Å². The molecule has 1 aromatic heterocycles. The van der Waals surface area contributed by atoms with Gasteiger partial charge in [0.1, 0.15) is 0 Å². The number of aromatic nitrogens is 1. The van der Waals surface area contributed by atoms with Crippen molar-refractivity contribution in [3.05, 3.63) is 80.0 Å². The Morgan fingerprint density at radius 2 is 1.74 bits per heavy atom. The Kier molecular flexibility index (Phi) is 9.39. The highest BCUT2D eigenvalue weighted by Gasteiger charge is 2.15. The minimum absolute atomic E-state index is 0.215. The largest absolute Gasteiger partial charge is 0.490 e. The third-order valence-electron chi connectivity index (χ3n) is 4.86. The van der Waals surface area contributed by atoms with Crippen LogP contribution in [0.15, 0.2) is 62.8 Å². The van der Waals surface area contributed by atoms with E-state index in [1.54, 1.807) is 24.3 Å². The minimum Gasteiger partial charge on any atom is -0.490 e. The maximum absolute atomic E-state index is 12.5. The van der Waals surface area contributed by atoms with Gasteiger partial charge in [-0.2, -0.15) is 5.10 Å². The van der Waals surface area contributed by atoms with Crippen molar-refractivity contribution >= 4 is 55.6 Å². The predicted molar refractivity (Wildman–Crippen MR) is 142 cm³/mol. The number of carbonyl (C=O) groups excluding carboxylic acids is 2. The van der Waals surface area contributed by atoms with Crippen LogP contribution in [-0.4, -0.2) is 36.2 Å². The fourth-order valence-electron chi connectivity index (χ4n) is 3.00. The number of hydrazone groups is 1. The van der Waals surface area contributed by atoms with Gasteiger partial charge in [0.2, 0.25) is 0 Å². The molecule has 0 saturated heterocycles. The topological polar surface area (TPSA) is 102 Å². The number of benzene rings is 2. The number of pyridine rings is 1. The number of carbonyl (C=O) groups is 2. The van der Waals surface area contributed by atoms with Crippen LogP contribution < -0.4 is 20.2 Å². The van der Waals surface area contributed by atoms with Crippen molar-refractivity contribution < 1.29 is 19.1 Å². The van der Waals surface area contributed by atoms with Crippen LogP contribution >= 0.6 is 31.9 Å². The lowest BCUT2D eigenvalue weighted by Crippen LogP contribution is -2.21. The molecule has 3 rings (SSSR count). The smallest absolute Gasteiger partial charge is 0.271 e. The third-order valence-corrected chi connectivity index (χ3v) is 6.10. The van der Waals surface area contributed by atoms with Crippen LogP contribution in [0, 0.1) is 13.8 Å². The lowest BCUT2D eigenvalue weighted by molar-refractivity contribution is -0.118. The van der Waals surface area contributed by atoms with Gasteiger partial charge in [-0.15, -0.1) is 0 Å². The number of rotatable bonds is 9. The fraction of sp³-hybridized carbons (Fsp3) is 0.200. The molecule has 0 aliphatic carbocycles. The summed E-state index contributed by atoms with van der Waals surface area (Å²) < 4.78 is 12.9. The van der Waals surface area contributed by atoms with Crippen molar-refractivity contribution in [3.63, 3.8) is 0 Å². The van der Waals surface area contributed by atoms with Crippen molar-refractivity contribution in [2.75, 3.05) is 18.5 Å². The predicted octanol–water partition coefficient (Wildman–Crippen LogP) is 5.40. The Labute approximate surface area is 220 Å². The second-order valence-electron chi connectivity index (χ2n) is 7.45. The Morgan fingerprint density at radius 1 is 1.03 bits per heavy atom. The summed E-state index contributed by atoms with van der Waals surface area (Å²) in [6, 6.07) is 10.5. The van der Waals surface area contributed by atoms with Crippen LogP contribution in [0.2, 0.25) is 0 Å². The molecule has 2 aromatic carbocycles. The molecule has 0 radical (unpaired) electrons. The number of ether oxygens (including phenoxy) is 2. The molecule has 1 heterocycles. The Balaban J connectivity index is 1.68. The molecule has 0 aliphatic heterocycles. The van der Waals surface area contributed by atoms with Crippen molar-refractivity contribution in [2.45, 2.75) is 20.8 Å². The van der Waals surface area contributed by atoms with Gasteiger partial charge >= 0.3 is 0 Å². The molecule has 8 nitrogen and oxygen atoms in total. The fourth-order valence-corrected chi connectivity index (χ4v) is 4.13. The zero-order chi connectivity index (χ0) is 25.4. The van der Waals surface area contributed by atoms with Crippen LogP contribution in [0.1, 0.15) is 34.0 Å². The molecule has 0 spiro atoms. The molecule has 2 amide bonds. The molecule has 35 heavy (non-hydrogen) atoms. The molecule has 10 heteroatoms. The second-order valence-corrected chi connectivity index (χ2v) is 9.16. The Hall–Kier alpha value is -3.24. The van der Waals surface area contributed by atoms with E-state index in [9.17, 15) is 9.59 Å². The van der Waals surface area contributed by atoms with Gasteiger partial charge in [0.25, 0.3) is 11.8 Å². The Bertz CT molecular complexity index is 1250. The second kappa shape index (κ2) is 12.5. The number of hydrogen-bond donors (Lipinski definition) is 2. The molecule has 182 valence electrons. The van der Waals surface area contributed by atoms with Crippen LogP contribution in [0.25, 0.3) is 0 Å². The summed E-state index contributed by atoms with van der Waals surface area (Å²) >= 11 is 6.95. The van der Waals surface area contributed by atoms with Crippen LogP contribution in [0.3, 0.4) is 0 Å². The summed E-state index contributed by atoms with van der Waals surface area (Å²) in [4.78, 5) is 28.5. The first-order chi connectivity index (χ1) is 16.8. The zero-order valence-electron chi connectivity index (χ0n) is 19.4. The molecule has 2 N–H and O–H groups in total. The molecule has 0 unspecified atom stereocenters. The highest BCUT2D eigenvalue weighted by molar-refractivity contribution is 9.11. The van der Waals surface area contributed by atoms with Gasteiger partial charge in [-0.25, -0.2) is 5.43 Å². The van der Waals surface area contributed by atoms with E-state index in [1.807, 2.05) is 32.9 Å². The summed E-state index contributed by atoms with van der Waals surface area (Å²) in [6.45, 7) is 6.01. The summed E-state index contributed by atoms with van der Waals surface area (Å²) in [5.74, 6) is 0.157. The summed E-state index contributed by atoms with van der Waals surface area (Å²) in [6.07, 6.45) is 4.55. The van der Waals surface area contributed by atoms with Crippen LogP contribution in [0.5, 0.6) is 11.5 Å². The maximum Gasteiger partial charge on any atom is 0.271 e. The van der Waals surface area contributed by atoms with E-state index in [0.29, 0.717) is 39.4 Å². The van der Waals surface area contributed by atoms with Gasteiger partial charge in [-0.05, 0) is 106 Å². The quantitative estimate of drug-likeness (QED) is 0.252. The summed E-state index contributed by atoms with van der Waals surface area (Å²) in [5, 5.41) is 6.85. The zero-order valence-corrected chi connectivity index (χ0v) is 22.6. The lowest BCUT2D eigenvalue weighted by atomic mass is 10.1. The first kappa shape index (κ1) is 26.4. The average molecular weight is 604 g/mol. The van der Waals surface area contributed by atoms with E-state index in [4.69, 9.17) is 9.47 Å². The van der Waals surface area contributed by atoms with Crippen LogP contribution in [0.4, 0.5) is 5.69 Å². The summed E-state index contributed by atoms with van der Waals surface area (Å²) in [7, 11) is 0. The van der Waals surface area contributed by atoms with Gasteiger partial charge in [0.05, 0.1) is 23.0 Å². The highest BCUT2D eigenvalue weighted by atomic mass is 79.9. The van der Waals surface area contributed by atoms with Gasteiger partial charge in [-0.1, -0.05) is 0 Å². The van der Waals surface area contributed by atoms with E-state index in [0.717, 1.165) is 15.6 Å². The number of nitrogens with one attached hydrogen (secondary N) is 2. The summed E-state index contributed by atoms with van der Waals surface area (Å²) in [5.41, 5.74) is 6.44. The van der Waals surface area contributed by atoms with Gasteiger partial charge in [0, 0.05) is 22.4 Å². The van der Waals surface area contributed by atoms with Crippen molar-refractivity contribution in [3.8, 4) is 11.5 Å². The Morgan fingerprint density at radius 3 is 2.46 bits per heavy atom. The van der Waals surface area contributed by atoms with Crippen molar-refractivity contribution in [1.82, 2.24) is 10.4 Å². The monoisotopic (exact) mass is 602 g/mol. The standard InChI is InChI=1S/C25H24Br2N4O4/c1-4-34-22-12-17(13-29-31-25(33)18-5-7-28-8-6-18)11-20(27)24(22)35-14-23(32)30-21-10-16(3)15(2)9-19(21)26/h5-13H,4,14H2,1-3H3,(H,30,32)(H,31,33)/b29-13+. The van der Waals surface area contributed by atoms with Gasteiger partial charge in [0.15, 0.2) is 18.1 Å².